The van der Waals surface area contributed by atoms with Gasteiger partial charge in [-0.3, -0.25) is 0 Å². The second-order valence-corrected chi connectivity index (χ2v) is 4.87. The molecule has 0 aromatic heterocycles. The predicted molar refractivity (Wildman–Crippen MR) is 65.9 cm³/mol. The van der Waals surface area contributed by atoms with Gasteiger partial charge in [0, 0.05) is 23.4 Å². The van der Waals surface area contributed by atoms with Crippen LogP contribution in [-0.2, 0) is 0 Å². The molecule has 3 heteroatoms. The molecule has 0 atom stereocenters. The zero-order chi connectivity index (χ0) is 11.0. The summed E-state index contributed by atoms with van der Waals surface area (Å²) in [5.41, 5.74) is 1.01. The van der Waals surface area contributed by atoms with Crippen molar-refractivity contribution in [2.24, 2.45) is 0 Å². The van der Waals surface area contributed by atoms with Gasteiger partial charge in [0.1, 0.15) is 11.4 Å². The summed E-state index contributed by atoms with van der Waals surface area (Å²) in [5, 5.41) is 4.09. The first-order chi connectivity index (χ1) is 7.77. The first-order valence-corrected chi connectivity index (χ1v) is 6.04. The largest absolute Gasteiger partial charge is 0.482 e. The van der Waals surface area contributed by atoms with Crippen LogP contribution < -0.4 is 10.1 Å². The molecule has 0 unspecified atom stereocenters. The highest BCUT2D eigenvalue weighted by molar-refractivity contribution is 6.30. The topological polar surface area (TPSA) is 21.3 Å². The smallest absolute Gasteiger partial charge is 0.130 e. The van der Waals surface area contributed by atoms with E-state index in [0.717, 1.165) is 42.3 Å². The van der Waals surface area contributed by atoms with Gasteiger partial charge in [-0.15, -0.1) is 0 Å². The molecule has 84 valence electrons. The third kappa shape index (κ3) is 1.72. The maximum Gasteiger partial charge on any atom is 0.130 e. The number of piperidine rings is 1. The highest BCUT2D eigenvalue weighted by Gasteiger charge is 2.34. The first kappa shape index (κ1) is 10.2. The minimum Gasteiger partial charge on any atom is -0.482 e. The number of halogens is 1. The van der Waals surface area contributed by atoms with Crippen LogP contribution in [-0.4, -0.2) is 18.7 Å². The fourth-order valence-corrected chi connectivity index (χ4v) is 2.51. The molecule has 1 aromatic rings. The lowest BCUT2D eigenvalue weighted by Gasteiger charge is -2.38. The Balaban J connectivity index is 1.95. The number of rotatable bonds is 0. The summed E-state index contributed by atoms with van der Waals surface area (Å²) in [7, 11) is 0. The third-order valence-electron chi connectivity index (χ3n) is 3.31. The lowest BCUT2D eigenvalue weighted by atomic mass is 9.89. The Morgan fingerprint density at radius 3 is 2.88 bits per heavy atom. The van der Waals surface area contributed by atoms with Gasteiger partial charge < -0.3 is 10.1 Å². The van der Waals surface area contributed by atoms with Crippen LogP contribution in [0.15, 0.2) is 24.3 Å². The van der Waals surface area contributed by atoms with Crippen molar-refractivity contribution in [1.29, 1.82) is 0 Å². The summed E-state index contributed by atoms with van der Waals surface area (Å²) in [6, 6.07) is 5.81. The normalized spacial score (nSPS) is 21.6. The van der Waals surface area contributed by atoms with Gasteiger partial charge in [-0.05, 0) is 37.4 Å². The Labute approximate surface area is 100 Å². The van der Waals surface area contributed by atoms with E-state index in [1.807, 2.05) is 18.2 Å². The van der Waals surface area contributed by atoms with Crippen molar-refractivity contribution < 1.29 is 4.74 Å². The maximum absolute atomic E-state index is 6.13. The Morgan fingerprint density at radius 2 is 2.06 bits per heavy atom. The van der Waals surface area contributed by atoms with Crippen molar-refractivity contribution >= 4 is 17.7 Å². The van der Waals surface area contributed by atoms with E-state index >= 15 is 0 Å². The van der Waals surface area contributed by atoms with Crippen molar-refractivity contribution in [2.75, 3.05) is 13.1 Å². The summed E-state index contributed by atoms with van der Waals surface area (Å²) in [5.74, 6) is 0.914. The Hall–Kier alpha value is -0.990. The van der Waals surface area contributed by atoms with E-state index in [1.54, 1.807) is 0 Å². The molecule has 2 aliphatic heterocycles. The van der Waals surface area contributed by atoms with Crippen LogP contribution in [0, 0.1) is 0 Å². The van der Waals surface area contributed by atoms with Gasteiger partial charge in [0.2, 0.25) is 0 Å². The number of benzene rings is 1. The van der Waals surface area contributed by atoms with E-state index in [0.29, 0.717) is 0 Å². The molecule has 0 amide bonds. The number of hydrogen-bond acceptors (Lipinski definition) is 2. The molecule has 2 nitrogen and oxygen atoms in total. The Kier molecular flexibility index (Phi) is 2.41. The molecule has 2 aliphatic rings. The molecule has 1 spiro atoms. The molecule has 16 heavy (non-hydrogen) atoms. The molecule has 1 fully saturated rings. The van der Waals surface area contributed by atoms with Gasteiger partial charge in [0.15, 0.2) is 0 Å². The van der Waals surface area contributed by atoms with E-state index in [4.69, 9.17) is 16.3 Å². The van der Waals surface area contributed by atoms with Gasteiger partial charge >= 0.3 is 0 Å². The molecule has 3 rings (SSSR count). The third-order valence-corrected chi connectivity index (χ3v) is 3.54. The van der Waals surface area contributed by atoms with Crippen LogP contribution in [0.2, 0.25) is 5.02 Å². The zero-order valence-electron chi connectivity index (χ0n) is 9.00. The quantitative estimate of drug-likeness (QED) is 0.747. The summed E-state index contributed by atoms with van der Waals surface area (Å²) in [6.45, 7) is 2.03. The highest BCUT2D eigenvalue weighted by Crippen LogP contribution is 2.36. The van der Waals surface area contributed by atoms with Crippen LogP contribution >= 0.6 is 11.6 Å². The fourth-order valence-electron chi connectivity index (χ4n) is 2.35. The van der Waals surface area contributed by atoms with Crippen LogP contribution in [0.3, 0.4) is 0 Å². The van der Waals surface area contributed by atoms with Gasteiger partial charge in [-0.25, -0.2) is 0 Å². The summed E-state index contributed by atoms with van der Waals surface area (Å²) in [4.78, 5) is 0. The monoisotopic (exact) mass is 235 g/mol. The lowest BCUT2D eigenvalue weighted by molar-refractivity contribution is 0.0823. The average molecular weight is 236 g/mol. The average Bonchev–Trinajstić information content (AvgIpc) is 2.29. The van der Waals surface area contributed by atoms with Crippen molar-refractivity contribution in [3.63, 3.8) is 0 Å². The van der Waals surface area contributed by atoms with Crippen molar-refractivity contribution in [2.45, 2.75) is 18.4 Å². The van der Waals surface area contributed by atoms with Crippen LogP contribution in [0.25, 0.3) is 6.08 Å². The van der Waals surface area contributed by atoms with Crippen LogP contribution in [0.1, 0.15) is 18.4 Å². The molecule has 0 bridgehead atoms. The number of ether oxygens (including phenoxy) is 1. The SMILES string of the molecule is Clc1ccc2c(c1)OC1(C=C2)CCNCC1. The predicted octanol–water partition coefficient (Wildman–Crippen LogP) is 2.87. The number of hydrogen-bond donors (Lipinski definition) is 1. The van der Waals surface area contributed by atoms with E-state index in [9.17, 15) is 0 Å². The second kappa shape index (κ2) is 3.79. The van der Waals surface area contributed by atoms with Crippen LogP contribution in [0.4, 0.5) is 0 Å². The molecule has 2 heterocycles. The van der Waals surface area contributed by atoms with Gasteiger partial charge in [-0.2, -0.15) is 0 Å². The molecule has 0 radical (unpaired) electrons. The minimum absolute atomic E-state index is 0.108. The second-order valence-electron chi connectivity index (χ2n) is 4.43. The fraction of sp³-hybridized carbons (Fsp3) is 0.385. The molecule has 1 saturated heterocycles. The maximum atomic E-state index is 6.13. The minimum atomic E-state index is -0.108. The summed E-state index contributed by atoms with van der Waals surface area (Å²) in [6.07, 6.45) is 6.40. The molecule has 1 N–H and O–H groups in total. The molecule has 0 saturated carbocycles. The molecular weight excluding hydrogens is 222 g/mol. The molecule has 0 aliphatic carbocycles. The van der Waals surface area contributed by atoms with E-state index < -0.39 is 0 Å². The molecular formula is C13H14ClNO. The van der Waals surface area contributed by atoms with Gasteiger partial charge in [0.25, 0.3) is 0 Å². The van der Waals surface area contributed by atoms with E-state index in [2.05, 4.69) is 17.5 Å². The van der Waals surface area contributed by atoms with Crippen molar-refractivity contribution in [3.8, 4) is 5.75 Å². The number of fused-ring (bicyclic) bond motifs is 1. The van der Waals surface area contributed by atoms with E-state index in [1.165, 1.54) is 0 Å². The standard InChI is InChI=1S/C13H14ClNO/c14-11-2-1-10-3-4-13(16-12(10)9-11)5-7-15-8-6-13/h1-4,9,15H,5-8H2. The Bertz CT molecular complexity index is 436. The van der Waals surface area contributed by atoms with Crippen molar-refractivity contribution in [3.05, 3.63) is 34.9 Å². The van der Waals surface area contributed by atoms with E-state index in [-0.39, 0.29) is 5.60 Å². The van der Waals surface area contributed by atoms with Gasteiger partial charge in [-0.1, -0.05) is 17.7 Å². The highest BCUT2D eigenvalue weighted by atomic mass is 35.5. The van der Waals surface area contributed by atoms with Crippen LogP contribution in [0.5, 0.6) is 5.75 Å². The summed E-state index contributed by atoms with van der Waals surface area (Å²) < 4.78 is 6.13. The van der Waals surface area contributed by atoms with Crippen molar-refractivity contribution in [1.82, 2.24) is 5.32 Å². The van der Waals surface area contributed by atoms with Gasteiger partial charge in [0.05, 0.1) is 0 Å². The number of nitrogens with one attached hydrogen (secondary N) is 1. The zero-order valence-corrected chi connectivity index (χ0v) is 9.76. The summed E-state index contributed by atoms with van der Waals surface area (Å²) >= 11 is 5.99. The molecule has 1 aromatic carbocycles. The lowest BCUT2D eigenvalue weighted by Crippen LogP contribution is -2.45. The first-order valence-electron chi connectivity index (χ1n) is 5.66. The Morgan fingerprint density at radius 1 is 1.25 bits per heavy atom.